The Morgan fingerprint density at radius 2 is 1.74 bits per heavy atom. The Morgan fingerprint density at radius 3 is 2.39 bits per heavy atom. The number of aliphatic imine (C=N–C) groups is 1. The van der Waals surface area contributed by atoms with Gasteiger partial charge in [0.05, 0.1) is 27.9 Å². The molecule has 0 bridgehead atoms. The largest absolute Gasteiger partial charge is 0.497 e. The number of methoxy groups -OCH3 is 3. The lowest BCUT2D eigenvalue weighted by Crippen LogP contribution is -2.44. The van der Waals surface area contributed by atoms with Crippen LogP contribution >= 0.6 is 24.0 Å². The molecular weight excluding hydrogens is 507 g/mol. The number of rotatable bonds is 8. The average Bonchev–Trinajstić information content (AvgIpc) is 3.26. The fourth-order valence-corrected chi connectivity index (χ4v) is 3.54. The van der Waals surface area contributed by atoms with E-state index in [1.54, 1.807) is 21.3 Å². The number of benzene rings is 2. The number of halogens is 1. The van der Waals surface area contributed by atoms with Gasteiger partial charge in [0.2, 0.25) is 0 Å². The van der Waals surface area contributed by atoms with Gasteiger partial charge in [-0.1, -0.05) is 12.1 Å². The van der Waals surface area contributed by atoms with Crippen LogP contribution in [0.25, 0.3) is 0 Å². The predicted molar refractivity (Wildman–Crippen MR) is 137 cm³/mol. The van der Waals surface area contributed by atoms with Crippen LogP contribution in [0.1, 0.15) is 18.9 Å². The molecule has 0 radical (unpaired) electrons. The minimum Gasteiger partial charge on any atom is -0.497 e. The van der Waals surface area contributed by atoms with Crippen molar-refractivity contribution in [2.45, 2.75) is 25.9 Å². The molecule has 1 unspecified atom stereocenters. The molecule has 31 heavy (non-hydrogen) atoms. The zero-order valence-electron chi connectivity index (χ0n) is 18.7. The van der Waals surface area contributed by atoms with Crippen molar-refractivity contribution >= 4 is 35.6 Å². The van der Waals surface area contributed by atoms with Crippen LogP contribution in [0.3, 0.4) is 0 Å². The summed E-state index contributed by atoms with van der Waals surface area (Å²) in [5.74, 6) is 3.28. The Hall–Kier alpha value is -2.36. The van der Waals surface area contributed by atoms with Gasteiger partial charge in [0, 0.05) is 49.6 Å². The number of guanidine groups is 1. The molecule has 2 N–H and O–H groups in total. The molecule has 1 atom stereocenters. The highest BCUT2D eigenvalue weighted by molar-refractivity contribution is 14.0. The Balaban J connectivity index is 0.00000341. The summed E-state index contributed by atoms with van der Waals surface area (Å²) in [6.45, 7) is 5.33. The van der Waals surface area contributed by atoms with E-state index >= 15 is 0 Å². The second-order valence-corrected chi connectivity index (χ2v) is 7.19. The van der Waals surface area contributed by atoms with Crippen molar-refractivity contribution in [3.05, 3.63) is 48.0 Å². The summed E-state index contributed by atoms with van der Waals surface area (Å²) in [6.07, 6.45) is 1.03. The monoisotopic (exact) mass is 540 g/mol. The lowest BCUT2D eigenvalue weighted by molar-refractivity contribution is 0.394. The molecule has 2 aromatic carbocycles. The molecule has 0 amide bonds. The van der Waals surface area contributed by atoms with Gasteiger partial charge in [-0.15, -0.1) is 24.0 Å². The number of anilines is 1. The molecule has 1 aliphatic rings. The van der Waals surface area contributed by atoms with Gasteiger partial charge in [0.15, 0.2) is 5.96 Å². The van der Waals surface area contributed by atoms with E-state index in [9.17, 15) is 0 Å². The van der Waals surface area contributed by atoms with Crippen molar-refractivity contribution in [1.82, 2.24) is 10.6 Å². The van der Waals surface area contributed by atoms with E-state index in [0.29, 0.717) is 12.6 Å². The fraction of sp³-hybridized carbons (Fsp3) is 0.435. The van der Waals surface area contributed by atoms with Crippen LogP contribution in [0.15, 0.2) is 47.5 Å². The fourth-order valence-electron chi connectivity index (χ4n) is 3.54. The van der Waals surface area contributed by atoms with Crippen LogP contribution in [0.4, 0.5) is 5.69 Å². The van der Waals surface area contributed by atoms with E-state index < -0.39 is 0 Å². The van der Waals surface area contributed by atoms with Crippen molar-refractivity contribution in [2.75, 3.05) is 45.9 Å². The molecule has 8 heteroatoms. The van der Waals surface area contributed by atoms with Crippen LogP contribution in [0, 0.1) is 0 Å². The topological polar surface area (TPSA) is 67.4 Å². The highest BCUT2D eigenvalue weighted by Crippen LogP contribution is 2.30. The van der Waals surface area contributed by atoms with Gasteiger partial charge in [0.1, 0.15) is 17.2 Å². The minimum atomic E-state index is 0. The highest BCUT2D eigenvalue weighted by atomic mass is 127. The summed E-state index contributed by atoms with van der Waals surface area (Å²) in [5, 5.41) is 6.92. The Labute approximate surface area is 202 Å². The van der Waals surface area contributed by atoms with Crippen LogP contribution in [0.5, 0.6) is 17.2 Å². The van der Waals surface area contributed by atoms with Gasteiger partial charge in [-0.05, 0) is 31.0 Å². The van der Waals surface area contributed by atoms with Crippen LogP contribution < -0.4 is 29.7 Å². The normalized spacial score (nSPS) is 15.8. The SMILES string of the molecule is CCNC(=NCc1cccc(OC)c1)NC1CCN(c2cc(OC)cc(OC)c2)C1.I. The molecule has 2 aromatic rings. The van der Waals surface area contributed by atoms with Crippen molar-refractivity contribution < 1.29 is 14.2 Å². The molecule has 3 rings (SSSR count). The molecule has 0 aromatic heterocycles. The molecule has 1 fully saturated rings. The maximum absolute atomic E-state index is 5.41. The molecular formula is C23H33IN4O3. The summed E-state index contributed by atoms with van der Waals surface area (Å²) >= 11 is 0. The molecule has 170 valence electrons. The molecule has 0 aliphatic carbocycles. The summed E-state index contributed by atoms with van der Waals surface area (Å²) in [4.78, 5) is 7.10. The molecule has 0 spiro atoms. The Morgan fingerprint density at radius 1 is 1.03 bits per heavy atom. The standard InChI is InChI=1S/C23H32N4O3.HI/c1-5-24-23(25-15-17-7-6-8-20(11-17)28-2)26-18-9-10-27(16-18)19-12-21(29-3)14-22(13-19)30-4;/h6-8,11-14,18H,5,9-10,15-16H2,1-4H3,(H2,24,25,26);1H. The van der Waals surface area contributed by atoms with E-state index in [1.807, 2.05) is 36.4 Å². The van der Waals surface area contributed by atoms with E-state index in [0.717, 1.165) is 60.5 Å². The number of ether oxygens (including phenoxy) is 3. The van der Waals surface area contributed by atoms with E-state index in [2.05, 4.69) is 28.5 Å². The third-order valence-electron chi connectivity index (χ3n) is 5.13. The summed E-state index contributed by atoms with van der Waals surface area (Å²) < 4.78 is 16.1. The number of hydrogen-bond donors (Lipinski definition) is 2. The summed E-state index contributed by atoms with van der Waals surface area (Å²) in [7, 11) is 5.03. The maximum Gasteiger partial charge on any atom is 0.191 e. The maximum atomic E-state index is 5.41. The lowest BCUT2D eigenvalue weighted by Gasteiger charge is -2.21. The highest BCUT2D eigenvalue weighted by Gasteiger charge is 2.24. The number of hydrogen-bond acceptors (Lipinski definition) is 5. The van der Waals surface area contributed by atoms with Gasteiger partial charge >= 0.3 is 0 Å². The van der Waals surface area contributed by atoms with Gasteiger partial charge in [-0.3, -0.25) is 0 Å². The number of nitrogens with one attached hydrogen (secondary N) is 2. The quantitative estimate of drug-likeness (QED) is 0.303. The molecule has 0 saturated carbocycles. The van der Waals surface area contributed by atoms with E-state index in [4.69, 9.17) is 19.2 Å². The Kier molecular flexibility index (Phi) is 10.0. The molecule has 1 aliphatic heterocycles. The van der Waals surface area contributed by atoms with Crippen molar-refractivity contribution in [3.63, 3.8) is 0 Å². The molecule has 1 heterocycles. The van der Waals surface area contributed by atoms with Gasteiger partial charge in [-0.2, -0.15) is 0 Å². The predicted octanol–water partition coefficient (Wildman–Crippen LogP) is 3.66. The first-order valence-corrected chi connectivity index (χ1v) is 10.3. The van der Waals surface area contributed by atoms with Crippen LogP contribution in [0.2, 0.25) is 0 Å². The van der Waals surface area contributed by atoms with E-state index in [1.165, 1.54) is 0 Å². The molecule has 1 saturated heterocycles. The van der Waals surface area contributed by atoms with Gasteiger partial charge < -0.3 is 29.7 Å². The third-order valence-corrected chi connectivity index (χ3v) is 5.13. The summed E-state index contributed by atoms with van der Waals surface area (Å²) in [6, 6.07) is 14.3. The second-order valence-electron chi connectivity index (χ2n) is 7.19. The first-order chi connectivity index (χ1) is 14.6. The smallest absolute Gasteiger partial charge is 0.191 e. The third kappa shape index (κ3) is 7.09. The van der Waals surface area contributed by atoms with Crippen molar-refractivity contribution in [2.24, 2.45) is 4.99 Å². The van der Waals surface area contributed by atoms with Gasteiger partial charge in [0.25, 0.3) is 0 Å². The second kappa shape index (κ2) is 12.5. The minimum absolute atomic E-state index is 0. The van der Waals surface area contributed by atoms with E-state index in [-0.39, 0.29) is 24.0 Å². The first-order valence-electron chi connectivity index (χ1n) is 10.3. The van der Waals surface area contributed by atoms with Crippen LogP contribution in [-0.2, 0) is 6.54 Å². The number of nitrogens with zero attached hydrogens (tertiary/aromatic N) is 2. The lowest BCUT2D eigenvalue weighted by atomic mass is 10.2. The van der Waals surface area contributed by atoms with Crippen LogP contribution in [-0.4, -0.2) is 53.0 Å². The summed E-state index contributed by atoms with van der Waals surface area (Å²) in [5.41, 5.74) is 2.22. The van der Waals surface area contributed by atoms with Crippen molar-refractivity contribution in [3.8, 4) is 17.2 Å². The zero-order valence-corrected chi connectivity index (χ0v) is 21.0. The van der Waals surface area contributed by atoms with Crippen molar-refractivity contribution in [1.29, 1.82) is 0 Å². The van der Waals surface area contributed by atoms with Gasteiger partial charge in [-0.25, -0.2) is 4.99 Å². The average molecular weight is 540 g/mol. The first kappa shape index (κ1) is 24.9. The zero-order chi connectivity index (χ0) is 21.3. The Bertz CT molecular complexity index is 840. The molecule has 7 nitrogen and oxygen atoms in total.